The van der Waals surface area contributed by atoms with E-state index in [2.05, 4.69) is 46.8 Å². The van der Waals surface area contributed by atoms with E-state index in [0.29, 0.717) is 6.42 Å². The number of rotatable bonds is 8. The summed E-state index contributed by atoms with van der Waals surface area (Å²) in [7, 11) is 0. The monoisotopic (exact) mass is 365 g/mol. The Morgan fingerprint density at radius 1 is 1.08 bits per heavy atom. The topological polar surface area (TPSA) is 47.8 Å². The van der Waals surface area contributed by atoms with Gasteiger partial charge in [-0.2, -0.15) is 0 Å². The molecule has 1 aromatic heterocycles. The number of nitrogens with zero attached hydrogens (tertiary/aromatic N) is 3. The molecule has 0 spiro atoms. The fraction of sp³-hybridized carbons (Fsp3) is 0.286. The zero-order valence-electron chi connectivity index (χ0n) is 15.2. The van der Waals surface area contributed by atoms with Crippen molar-refractivity contribution < 1.29 is 4.79 Å². The van der Waals surface area contributed by atoms with Crippen LogP contribution in [0.4, 0.5) is 0 Å². The van der Waals surface area contributed by atoms with Gasteiger partial charge in [-0.3, -0.25) is 4.79 Å². The largest absolute Gasteiger partial charge is 0.302 e. The van der Waals surface area contributed by atoms with Crippen molar-refractivity contribution in [2.45, 2.75) is 38.4 Å². The molecule has 0 amide bonds. The fourth-order valence-electron chi connectivity index (χ4n) is 2.84. The summed E-state index contributed by atoms with van der Waals surface area (Å²) in [5, 5.41) is 9.66. The lowest BCUT2D eigenvalue weighted by Gasteiger charge is -2.08. The molecule has 1 heterocycles. The summed E-state index contributed by atoms with van der Waals surface area (Å²) in [4.78, 5) is 12.2. The van der Waals surface area contributed by atoms with Crippen LogP contribution in [0.3, 0.4) is 0 Å². The van der Waals surface area contributed by atoms with Crippen molar-refractivity contribution >= 4 is 17.5 Å². The molecule has 0 bridgehead atoms. The summed E-state index contributed by atoms with van der Waals surface area (Å²) >= 11 is 1.67. The maximum Gasteiger partial charge on any atom is 0.191 e. The van der Waals surface area contributed by atoms with Crippen molar-refractivity contribution in [1.82, 2.24) is 14.8 Å². The third kappa shape index (κ3) is 4.41. The van der Waals surface area contributed by atoms with Gasteiger partial charge in [0.05, 0.1) is 0 Å². The second-order valence-corrected chi connectivity index (χ2v) is 7.22. The van der Waals surface area contributed by atoms with Gasteiger partial charge in [0.2, 0.25) is 0 Å². The van der Waals surface area contributed by atoms with Crippen molar-refractivity contribution in [2.24, 2.45) is 0 Å². The summed E-state index contributed by atoms with van der Waals surface area (Å²) in [5.41, 5.74) is 3.09. The first kappa shape index (κ1) is 18.4. The zero-order chi connectivity index (χ0) is 18.4. The van der Waals surface area contributed by atoms with Crippen molar-refractivity contribution in [1.29, 1.82) is 0 Å². The molecule has 0 aliphatic heterocycles. The fourth-order valence-corrected chi connectivity index (χ4v) is 3.78. The Hall–Kier alpha value is -2.40. The van der Waals surface area contributed by atoms with Crippen LogP contribution in [-0.4, -0.2) is 26.3 Å². The number of aromatic nitrogens is 3. The van der Waals surface area contributed by atoms with Crippen LogP contribution in [0.2, 0.25) is 0 Å². The number of hydrogen-bond acceptors (Lipinski definition) is 4. The van der Waals surface area contributed by atoms with Gasteiger partial charge in [-0.05, 0) is 26.3 Å². The maximum atomic E-state index is 12.2. The molecule has 0 saturated heterocycles. The van der Waals surface area contributed by atoms with Crippen LogP contribution < -0.4 is 0 Å². The normalized spacial score (nSPS) is 10.8. The van der Waals surface area contributed by atoms with E-state index < -0.39 is 0 Å². The number of thioether (sulfide) groups is 1. The molecule has 0 unspecified atom stereocenters. The first-order valence-electron chi connectivity index (χ1n) is 8.90. The predicted octanol–water partition coefficient (Wildman–Crippen LogP) is 5.03. The molecule has 2 aromatic carbocycles. The molecule has 0 aliphatic carbocycles. The summed E-state index contributed by atoms with van der Waals surface area (Å²) in [6.45, 7) is 5.00. The van der Waals surface area contributed by atoms with Gasteiger partial charge in [0.15, 0.2) is 16.8 Å². The average molecular weight is 366 g/mol. The van der Waals surface area contributed by atoms with Crippen LogP contribution in [0.1, 0.15) is 35.7 Å². The van der Waals surface area contributed by atoms with E-state index in [1.807, 2.05) is 36.4 Å². The Labute approximate surface area is 158 Å². The molecular weight excluding hydrogens is 342 g/mol. The first-order valence-corrected chi connectivity index (χ1v) is 9.89. The lowest BCUT2D eigenvalue weighted by molar-refractivity contribution is 0.0982. The number of benzene rings is 2. The van der Waals surface area contributed by atoms with E-state index >= 15 is 0 Å². The summed E-state index contributed by atoms with van der Waals surface area (Å²) in [6, 6.07) is 17.8. The summed E-state index contributed by atoms with van der Waals surface area (Å²) in [5.74, 6) is 1.95. The molecule has 3 rings (SSSR count). The van der Waals surface area contributed by atoms with E-state index in [1.165, 1.54) is 5.56 Å². The van der Waals surface area contributed by atoms with Crippen molar-refractivity contribution in [3.63, 3.8) is 0 Å². The third-order valence-corrected chi connectivity index (χ3v) is 5.24. The highest BCUT2D eigenvalue weighted by molar-refractivity contribution is 7.99. The number of carbonyl (C=O) groups excluding carboxylic acids is 1. The number of ketones is 1. The van der Waals surface area contributed by atoms with E-state index in [-0.39, 0.29) is 5.78 Å². The molecule has 0 radical (unpaired) electrons. The number of Topliss-reactive ketones (excluding diaryl/α,β-unsaturated/α-hetero) is 1. The SMILES string of the molecule is CCn1c(SCCCC(=O)c2ccccc2)nnc1-c1cccc(C)c1. The Bertz CT molecular complexity index is 874. The molecule has 0 saturated carbocycles. The lowest BCUT2D eigenvalue weighted by atomic mass is 10.1. The molecule has 0 N–H and O–H groups in total. The molecule has 0 aliphatic rings. The van der Waals surface area contributed by atoms with Crippen molar-refractivity contribution in [3.05, 3.63) is 65.7 Å². The summed E-state index contributed by atoms with van der Waals surface area (Å²) in [6.07, 6.45) is 1.39. The second-order valence-electron chi connectivity index (χ2n) is 6.16. The molecule has 26 heavy (non-hydrogen) atoms. The number of carbonyl (C=O) groups is 1. The van der Waals surface area contributed by atoms with Crippen LogP contribution in [0.15, 0.2) is 59.8 Å². The minimum atomic E-state index is 0.198. The van der Waals surface area contributed by atoms with Gasteiger partial charge in [0, 0.05) is 29.8 Å². The van der Waals surface area contributed by atoms with Gasteiger partial charge >= 0.3 is 0 Å². The van der Waals surface area contributed by atoms with Gasteiger partial charge in [-0.1, -0.05) is 65.9 Å². The molecule has 134 valence electrons. The highest BCUT2D eigenvalue weighted by Gasteiger charge is 2.13. The molecule has 0 fully saturated rings. The number of hydrogen-bond donors (Lipinski definition) is 0. The molecular formula is C21H23N3OS. The van der Waals surface area contributed by atoms with Crippen LogP contribution in [-0.2, 0) is 6.54 Å². The van der Waals surface area contributed by atoms with Gasteiger partial charge in [-0.15, -0.1) is 10.2 Å². The van der Waals surface area contributed by atoms with Crippen LogP contribution in [0, 0.1) is 6.92 Å². The minimum Gasteiger partial charge on any atom is -0.302 e. The number of aryl methyl sites for hydroxylation is 1. The van der Waals surface area contributed by atoms with Crippen molar-refractivity contribution in [3.8, 4) is 11.4 Å². The van der Waals surface area contributed by atoms with Gasteiger partial charge < -0.3 is 4.57 Å². The Kier molecular flexibility index (Phi) is 6.23. The predicted molar refractivity (Wildman–Crippen MR) is 107 cm³/mol. The minimum absolute atomic E-state index is 0.198. The van der Waals surface area contributed by atoms with Gasteiger partial charge in [0.1, 0.15) is 0 Å². The third-order valence-electron chi connectivity index (χ3n) is 4.18. The lowest BCUT2D eigenvalue weighted by Crippen LogP contribution is -2.01. The molecule has 5 heteroatoms. The molecule has 4 nitrogen and oxygen atoms in total. The quantitative estimate of drug-likeness (QED) is 0.319. The highest BCUT2D eigenvalue weighted by atomic mass is 32.2. The molecule has 0 atom stereocenters. The van der Waals surface area contributed by atoms with Crippen LogP contribution >= 0.6 is 11.8 Å². The van der Waals surface area contributed by atoms with E-state index in [0.717, 1.165) is 40.8 Å². The Morgan fingerprint density at radius 3 is 2.62 bits per heavy atom. The van der Waals surface area contributed by atoms with E-state index in [4.69, 9.17) is 0 Å². The Balaban J connectivity index is 1.60. The van der Waals surface area contributed by atoms with Crippen molar-refractivity contribution in [2.75, 3.05) is 5.75 Å². The first-order chi connectivity index (χ1) is 12.7. The summed E-state index contributed by atoms with van der Waals surface area (Å²) < 4.78 is 2.14. The Morgan fingerprint density at radius 2 is 1.88 bits per heavy atom. The zero-order valence-corrected chi connectivity index (χ0v) is 16.0. The average Bonchev–Trinajstić information content (AvgIpc) is 3.08. The van der Waals surface area contributed by atoms with E-state index in [1.54, 1.807) is 11.8 Å². The maximum absolute atomic E-state index is 12.2. The van der Waals surface area contributed by atoms with Gasteiger partial charge in [0.25, 0.3) is 0 Å². The van der Waals surface area contributed by atoms with E-state index in [9.17, 15) is 4.79 Å². The van der Waals surface area contributed by atoms with Crippen LogP contribution in [0.5, 0.6) is 0 Å². The van der Waals surface area contributed by atoms with Crippen LogP contribution in [0.25, 0.3) is 11.4 Å². The second kappa shape index (κ2) is 8.81. The standard InChI is InChI=1S/C21H23N3OS/c1-3-24-20(18-12-7-9-16(2)15-18)22-23-21(24)26-14-8-13-19(25)17-10-5-4-6-11-17/h4-7,9-12,15H,3,8,13-14H2,1-2H3. The smallest absolute Gasteiger partial charge is 0.191 e. The van der Waals surface area contributed by atoms with Gasteiger partial charge in [-0.25, -0.2) is 0 Å². The highest BCUT2D eigenvalue weighted by Crippen LogP contribution is 2.25. The molecule has 3 aromatic rings.